The molecule has 0 saturated heterocycles. The van der Waals surface area contributed by atoms with Crippen molar-refractivity contribution in [3.05, 3.63) is 34.9 Å². The van der Waals surface area contributed by atoms with Gasteiger partial charge in [-0.1, -0.05) is 23.8 Å². The van der Waals surface area contributed by atoms with E-state index < -0.39 is 23.8 Å². The minimum absolute atomic E-state index is 0.0813. The number of hydrogen-bond donors (Lipinski definition) is 2. The Morgan fingerprint density at radius 3 is 2.00 bits per heavy atom. The van der Waals surface area contributed by atoms with E-state index in [4.69, 9.17) is 4.74 Å². The van der Waals surface area contributed by atoms with Crippen LogP contribution in [0.25, 0.3) is 0 Å². The van der Waals surface area contributed by atoms with E-state index in [1.165, 1.54) is 4.90 Å². The van der Waals surface area contributed by atoms with Crippen LogP contribution in [-0.2, 0) is 14.3 Å². The second kappa shape index (κ2) is 10.6. The van der Waals surface area contributed by atoms with Crippen LogP contribution in [0, 0.1) is 13.8 Å². The number of carbonyl (C=O) groups excluding carboxylic acids is 3. The topological polar surface area (TPSA) is 87.7 Å². The molecule has 0 heterocycles. The maximum absolute atomic E-state index is 13.4. The Labute approximate surface area is 186 Å². The number of hydrogen-bond acceptors (Lipinski definition) is 4. The Morgan fingerprint density at radius 1 is 0.968 bits per heavy atom. The molecule has 0 fully saturated rings. The summed E-state index contributed by atoms with van der Waals surface area (Å²) in [6, 6.07) is 3.78. The van der Waals surface area contributed by atoms with Crippen LogP contribution in [0.15, 0.2) is 18.2 Å². The molecule has 0 aliphatic rings. The number of rotatable bonds is 7. The number of carbonyl (C=O) groups is 3. The fraction of sp³-hybridized carbons (Fsp3) is 0.625. The summed E-state index contributed by atoms with van der Waals surface area (Å²) in [4.78, 5) is 40.4. The summed E-state index contributed by atoms with van der Waals surface area (Å²) in [6.45, 7) is 18.3. The molecule has 0 aliphatic carbocycles. The zero-order chi connectivity index (χ0) is 24.1. The summed E-state index contributed by atoms with van der Waals surface area (Å²) in [5.74, 6) is -0.613. The van der Waals surface area contributed by atoms with E-state index in [9.17, 15) is 14.4 Å². The van der Waals surface area contributed by atoms with Crippen LogP contribution in [-0.4, -0.2) is 46.5 Å². The first-order valence-electron chi connectivity index (χ1n) is 10.8. The van der Waals surface area contributed by atoms with Crippen molar-refractivity contribution in [1.29, 1.82) is 0 Å². The van der Waals surface area contributed by atoms with Gasteiger partial charge in [-0.3, -0.25) is 9.59 Å². The van der Waals surface area contributed by atoms with Crippen molar-refractivity contribution in [1.82, 2.24) is 15.5 Å². The van der Waals surface area contributed by atoms with Gasteiger partial charge in [-0.25, -0.2) is 4.79 Å². The molecule has 7 heteroatoms. The standard InChI is InChI=1S/C24H39N3O4/c1-14(2)25-21(28)20(19-12-11-16(5)13-17(19)6)27(15(3)4)22(29)18(7)26-23(30)31-24(8,9)10/h11-15,18,20H,1-10H3,(H,25,28)(H,26,30). The molecule has 3 amide bonds. The second-order valence-corrected chi connectivity index (χ2v) is 9.63. The molecule has 0 aliphatic heterocycles. The monoisotopic (exact) mass is 433 g/mol. The lowest BCUT2D eigenvalue weighted by molar-refractivity contribution is -0.144. The molecule has 174 valence electrons. The average Bonchev–Trinajstić information content (AvgIpc) is 2.56. The van der Waals surface area contributed by atoms with Crippen LogP contribution in [0.3, 0.4) is 0 Å². The molecule has 1 aromatic rings. The van der Waals surface area contributed by atoms with Crippen molar-refractivity contribution < 1.29 is 19.1 Å². The molecule has 2 N–H and O–H groups in total. The highest BCUT2D eigenvalue weighted by Gasteiger charge is 2.37. The Balaban J connectivity index is 3.34. The molecule has 0 spiro atoms. The van der Waals surface area contributed by atoms with Crippen LogP contribution < -0.4 is 10.6 Å². The average molecular weight is 434 g/mol. The van der Waals surface area contributed by atoms with E-state index in [2.05, 4.69) is 10.6 Å². The molecule has 2 unspecified atom stereocenters. The van der Waals surface area contributed by atoms with Gasteiger partial charge >= 0.3 is 6.09 Å². The summed E-state index contributed by atoms with van der Waals surface area (Å²) < 4.78 is 5.28. The Morgan fingerprint density at radius 2 is 1.55 bits per heavy atom. The zero-order valence-corrected chi connectivity index (χ0v) is 20.6. The van der Waals surface area contributed by atoms with Crippen LogP contribution in [0.5, 0.6) is 0 Å². The van der Waals surface area contributed by atoms with Gasteiger partial charge < -0.3 is 20.3 Å². The summed E-state index contributed by atoms with van der Waals surface area (Å²) in [6.07, 6.45) is -0.674. The fourth-order valence-corrected chi connectivity index (χ4v) is 3.36. The van der Waals surface area contributed by atoms with E-state index in [1.807, 2.05) is 59.7 Å². The number of amides is 3. The smallest absolute Gasteiger partial charge is 0.408 e. The number of aryl methyl sites for hydroxylation is 2. The van der Waals surface area contributed by atoms with E-state index in [1.54, 1.807) is 27.7 Å². The zero-order valence-electron chi connectivity index (χ0n) is 20.6. The molecule has 0 aromatic heterocycles. The third-order valence-corrected chi connectivity index (χ3v) is 4.59. The van der Waals surface area contributed by atoms with Crippen molar-refractivity contribution in [3.8, 4) is 0 Å². The quantitative estimate of drug-likeness (QED) is 0.680. The summed E-state index contributed by atoms with van der Waals surface area (Å²) in [5, 5.41) is 5.54. The van der Waals surface area contributed by atoms with Crippen LogP contribution >= 0.6 is 0 Å². The molecule has 0 saturated carbocycles. The first-order chi connectivity index (χ1) is 14.1. The molecule has 2 atom stereocenters. The van der Waals surface area contributed by atoms with Gasteiger partial charge in [0.05, 0.1) is 0 Å². The predicted octanol–water partition coefficient (Wildman–Crippen LogP) is 4.02. The van der Waals surface area contributed by atoms with Gasteiger partial charge in [-0.15, -0.1) is 0 Å². The molecule has 1 aromatic carbocycles. The van der Waals surface area contributed by atoms with Gasteiger partial charge in [0.1, 0.15) is 17.7 Å². The Kier molecular flexibility index (Phi) is 9.09. The summed E-state index contributed by atoms with van der Waals surface area (Å²) in [7, 11) is 0. The van der Waals surface area contributed by atoms with Crippen molar-refractivity contribution >= 4 is 17.9 Å². The summed E-state index contributed by atoms with van der Waals surface area (Å²) in [5.41, 5.74) is 2.08. The molecular weight excluding hydrogens is 394 g/mol. The highest BCUT2D eigenvalue weighted by atomic mass is 16.6. The van der Waals surface area contributed by atoms with E-state index in [0.717, 1.165) is 16.7 Å². The minimum Gasteiger partial charge on any atom is -0.444 e. The Bertz CT molecular complexity index is 797. The van der Waals surface area contributed by atoms with Crippen molar-refractivity contribution in [2.75, 3.05) is 0 Å². The van der Waals surface area contributed by atoms with Crippen molar-refractivity contribution in [3.63, 3.8) is 0 Å². The van der Waals surface area contributed by atoms with E-state index >= 15 is 0 Å². The van der Waals surface area contributed by atoms with Crippen molar-refractivity contribution in [2.45, 2.75) is 99.0 Å². The van der Waals surface area contributed by atoms with Crippen LogP contribution in [0.4, 0.5) is 4.79 Å². The lowest BCUT2D eigenvalue weighted by atomic mass is 9.95. The number of nitrogens with zero attached hydrogens (tertiary/aromatic N) is 1. The lowest BCUT2D eigenvalue weighted by Gasteiger charge is -2.37. The maximum Gasteiger partial charge on any atom is 0.408 e. The number of alkyl carbamates (subject to hydrolysis) is 1. The molecule has 1 rings (SSSR count). The van der Waals surface area contributed by atoms with Crippen LogP contribution in [0.2, 0.25) is 0 Å². The fourth-order valence-electron chi connectivity index (χ4n) is 3.36. The normalized spacial score (nSPS) is 13.5. The highest BCUT2D eigenvalue weighted by Crippen LogP contribution is 2.28. The highest BCUT2D eigenvalue weighted by molar-refractivity contribution is 5.92. The first-order valence-corrected chi connectivity index (χ1v) is 10.8. The van der Waals surface area contributed by atoms with Gasteiger partial charge in [0, 0.05) is 12.1 Å². The van der Waals surface area contributed by atoms with E-state index in [0.29, 0.717) is 0 Å². The molecule has 0 bridgehead atoms. The van der Waals surface area contributed by atoms with E-state index in [-0.39, 0.29) is 23.9 Å². The molecular formula is C24H39N3O4. The largest absolute Gasteiger partial charge is 0.444 e. The molecule has 7 nitrogen and oxygen atoms in total. The first kappa shape index (κ1) is 26.5. The summed E-state index contributed by atoms with van der Waals surface area (Å²) >= 11 is 0. The van der Waals surface area contributed by atoms with Gasteiger partial charge in [-0.2, -0.15) is 0 Å². The third-order valence-electron chi connectivity index (χ3n) is 4.59. The second-order valence-electron chi connectivity index (χ2n) is 9.63. The van der Waals surface area contributed by atoms with Crippen LogP contribution in [0.1, 0.15) is 78.1 Å². The van der Waals surface area contributed by atoms with Gasteiger partial charge in [0.15, 0.2) is 0 Å². The number of benzene rings is 1. The molecule has 31 heavy (non-hydrogen) atoms. The molecule has 0 radical (unpaired) electrons. The number of ether oxygens (including phenoxy) is 1. The SMILES string of the molecule is Cc1ccc(C(C(=O)NC(C)C)N(C(=O)C(C)NC(=O)OC(C)(C)C)C(C)C)c(C)c1. The van der Waals surface area contributed by atoms with Gasteiger partial charge in [0.2, 0.25) is 11.8 Å². The third kappa shape index (κ3) is 7.89. The van der Waals surface area contributed by atoms with Crippen molar-refractivity contribution in [2.24, 2.45) is 0 Å². The van der Waals surface area contributed by atoms with Gasteiger partial charge in [0.25, 0.3) is 0 Å². The van der Waals surface area contributed by atoms with Gasteiger partial charge in [-0.05, 0) is 80.4 Å². The minimum atomic E-state index is -0.864. The predicted molar refractivity (Wildman–Crippen MR) is 123 cm³/mol. The Hall–Kier alpha value is -2.57. The maximum atomic E-state index is 13.4. The number of nitrogens with one attached hydrogen (secondary N) is 2. The lowest BCUT2D eigenvalue weighted by Crippen LogP contribution is -2.54.